The van der Waals surface area contributed by atoms with E-state index in [0.29, 0.717) is 17.3 Å². The van der Waals surface area contributed by atoms with Crippen molar-refractivity contribution in [3.05, 3.63) is 60.3 Å². The van der Waals surface area contributed by atoms with Gasteiger partial charge in [0.05, 0.1) is 18.3 Å². The molecule has 29 heavy (non-hydrogen) atoms. The maximum absolute atomic E-state index is 12.3. The zero-order chi connectivity index (χ0) is 20.2. The van der Waals surface area contributed by atoms with Crippen LogP contribution in [0.3, 0.4) is 0 Å². The summed E-state index contributed by atoms with van der Waals surface area (Å²) < 4.78 is 10.6. The first-order valence-electron chi connectivity index (χ1n) is 9.12. The first kappa shape index (κ1) is 18.5. The van der Waals surface area contributed by atoms with E-state index in [4.69, 9.17) is 9.47 Å². The minimum atomic E-state index is -0.103. The monoisotopic (exact) mass is 391 g/mol. The van der Waals surface area contributed by atoms with Gasteiger partial charge in [0.25, 0.3) is 0 Å². The van der Waals surface area contributed by atoms with Gasteiger partial charge in [-0.1, -0.05) is 6.07 Å². The molecule has 8 heteroatoms. The molecular weight excluding hydrogens is 370 g/mol. The fourth-order valence-electron chi connectivity index (χ4n) is 2.89. The van der Waals surface area contributed by atoms with Gasteiger partial charge in [0.1, 0.15) is 0 Å². The van der Waals surface area contributed by atoms with E-state index < -0.39 is 0 Å². The van der Waals surface area contributed by atoms with E-state index in [9.17, 15) is 4.79 Å². The van der Waals surface area contributed by atoms with E-state index in [2.05, 4.69) is 20.8 Å². The van der Waals surface area contributed by atoms with Crippen molar-refractivity contribution in [2.75, 3.05) is 36.4 Å². The van der Waals surface area contributed by atoms with Crippen molar-refractivity contribution >= 4 is 28.8 Å². The third-order valence-electron chi connectivity index (χ3n) is 4.40. The Morgan fingerprint density at radius 3 is 2.59 bits per heavy atom. The van der Waals surface area contributed by atoms with Gasteiger partial charge in [0.2, 0.25) is 12.7 Å². The Morgan fingerprint density at radius 2 is 1.79 bits per heavy atom. The first-order valence-corrected chi connectivity index (χ1v) is 9.12. The second-order valence-corrected chi connectivity index (χ2v) is 6.81. The Labute approximate surface area is 168 Å². The lowest BCUT2D eigenvalue weighted by atomic mass is 10.1. The summed E-state index contributed by atoms with van der Waals surface area (Å²) in [5.74, 6) is 1.93. The number of hydrogen-bond acceptors (Lipinski definition) is 7. The predicted octanol–water partition coefficient (Wildman–Crippen LogP) is 3.20. The molecule has 0 radical (unpaired) electrons. The molecule has 2 heterocycles. The number of carbonyl (C=O) groups is 1. The Bertz CT molecular complexity index is 1020. The average molecular weight is 391 g/mol. The minimum Gasteiger partial charge on any atom is -0.454 e. The topological polar surface area (TPSA) is 88.6 Å². The summed E-state index contributed by atoms with van der Waals surface area (Å²) in [4.78, 5) is 14.3. The second kappa shape index (κ2) is 8.05. The number of ether oxygens (including phenoxy) is 2. The summed E-state index contributed by atoms with van der Waals surface area (Å²) in [5.41, 5.74) is 3.39. The number of hydrogen-bond donors (Lipinski definition) is 2. The number of anilines is 4. The van der Waals surface area contributed by atoms with Gasteiger partial charge < -0.3 is 25.0 Å². The number of nitrogens with zero attached hydrogens (tertiary/aromatic N) is 3. The van der Waals surface area contributed by atoms with Crippen molar-refractivity contribution in [2.24, 2.45) is 0 Å². The number of carbonyl (C=O) groups excluding carboxylic acids is 1. The van der Waals surface area contributed by atoms with Crippen molar-refractivity contribution in [2.45, 2.75) is 6.42 Å². The molecule has 0 fully saturated rings. The molecule has 0 atom stereocenters. The molecule has 0 bridgehead atoms. The molecule has 0 aliphatic carbocycles. The van der Waals surface area contributed by atoms with Crippen LogP contribution in [0, 0.1) is 0 Å². The van der Waals surface area contributed by atoms with E-state index in [1.165, 1.54) is 0 Å². The largest absolute Gasteiger partial charge is 0.454 e. The molecule has 0 unspecified atom stereocenters. The molecule has 0 saturated carbocycles. The number of aromatic nitrogens is 2. The number of rotatable bonds is 6. The minimum absolute atomic E-state index is 0.103. The van der Waals surface area contributed by atoms with Gasteiger partial charge in [-0.15, -0.1) is 5.10 Å². The molecule has 3 aromatic rings. The van der Waals surface area contributed by atoms with Gasteiger partial charge in [-0.25, -0.2) is 0 Å². The van der Waals surface area contributed by atoms with E-state index in [1.54, 1.807) is 6.20 Å². The molecular formula is C21H21N5O3. The molecule has 2 aromatic carbocycles. The highest BCUT2D eigenvalue weighted by Gasteiger charge is 2.14. The highest BCUT2D eigenvalue weighted by atomic mass is 16.7. The maximum atomic E-state index is 12.3. The third-order valence-corrected chi connectivity index (χ3v) is 4.40. The molecule has 1 amide bonds. The van der Waals surface area contributed by atoms with E-state index in [1.807, 2.05) is 67.5 Å². The third kappa shape index (κ3) is 4.55. The van der Waals surface area contributed by atoms with Gasteiger partial charge >= 0.3 is 0 Å². The zero-order valence-electron chi connectivity index (χ0n) is 16.2. The average Bonchev–Trinajstić information content (AvgIpc) is 3.17. The summed E-state index contributed by atoms with van der Waals surface area (Å²) >= 11 is 0. The van der Waals surface area contributed by atoms with Gasteiger partial charge in [-0.2, -0.15) is 5.10 Å². The SMILES string of the molecule is CN(C)c1cnnc(Nc2ccc(NC(=O)Cc3ccc4c(c3)OCO4)cc2)c1. The fraction of sp³-hybridized carbons (Fsp3) is 0.190. The summed E-state index contributed by atoms with van der Waals surface area (Å²) in [7, 11) is 3.89. The van der Waals surface area contributed by atoms with Crippen LogP contribution in [-0.4, -0.2) is 37.0 Å². The molecule has 0 spiro atoms. The lowest BCUT2D eigenvalue weighted by molar-refractivity contribution is -0.115. The summed E-state index contributed by atoms with van der Waals surface area (Å²) in [5, 5.41) is 14.2. The van der Waals surface area contributed by atoms with Crippen LogP contribution in [0.15, 0.2) is 54.7 Å². The predicted molar refractivity (Wildman–Crippen MR) is 111 cm³/mol. The van der Waals surface area contributed by atoms with Crippen LogP contribution in [0.2, 0.25) is 0 Å². The molecule has 8 nitrogen and oxygen atoms in total. The van der Waals surface area contributed by atoms with Crippen LogP contribution in [-0.2, 0) is 11.2 Å². The van der Waals surface area contributed by atoms with Crippen molar-refractivity contribution in [1.82, 2.24) is 10.2 Å². The highest BCUT2D eigenvalue weighted by molar-refractivity contribution is 5.92. The quantitative estimate of drug-likeness (QED) is 0.667. The van der Waals surface area contributed by atoms with Crippen molar-refractivity contribution < 1.29 is 14.3 Å². The van der Waals surface area contributed by atoms with E-state index >= 15 is 0 Å². The lowest BCUT2D eigenvalue weighted by Crippen LogP contribution is -2.14. The van der Waals surface area contributed by atoms with E-state index in [0.717, 1.165) is 22.6 Å². The Hall–Kier alpha value is -3.81. The van der Waals surface area contributed by atoms with Crippen LogP contribution in [0.25, 0.3) is 0 Å². The van der Waals surface area contributed by atoms with Crippen LogP contribution >= 0.6 is 0 Å². The number of amides is 1. The molecule has 148 valence electrons. The normalized spacial score (nSPS) is 11.8. The Morgan fingerprint density at radius 1 is 1.03 bits per heavy atom. The van der Waals surface area contributed by atoms with Gasteiger partial charge in [0, 0.05) is 31.5 Å². The summed E-state index contributed by atoms with van der Waals surface area (Å²) in [6, 6.07) is 14.8. The van der Waals surface area contributed by atoms with Crippen LogP contribution in [0.5, 0.6) is 11.5 Å². The van der Waals surface area contributed by atoms with Crippen LogP contribution in [0.4, 0.5) is 22.9 Å². The summed E-state index contributed by atoms with van der Waals surface area (Å²) in [6.45, 7) is 0.219. The Balaban J connectivity index is 1.35. The molecule has 0 saturated heterocycles. The standard InChI is InChI=1S/C21H21N5O3/c1-26(2)17-11-20(25-22-12-17)23-15-4-6-16(7-5-15)24-21(27)10-14-3-8-18-19(9-14)29-13-28-18/h3-9,11-12H,10,13H2,1-2H3,(H,23,25)(H,24,27). The number of fused-ring (bicyclic) bond motifs is 1. The maximum Gasteiger partial charge on any atom is 0.231 e. The molecule has 4 rings (SSSR count). The zero-order valence-corrected chi connectivity index (χ0v) is 16.2. The number of benzene rings is 2. The molecule has 2 N–H and O–H groups in total. The highest BCUT2D eigenvalue weighted by Crippen LogP contribution is 2.32. The number of nitrogens with one attached hydrogen (secondary N) is 2. The smallest absolute Gasteiger partial charge is 0.231 e. The second-order valence-electron chi connectivity index (χ2n) is 6.81. The van der Waals surface area contributed by atoms with Gasteiger partial charge in [-0.05, 0) is 42.0 Å². The van der Waals surface area contributed by atoms with Crippen molar-refractivity contribution in [3.63, 3.8) is 0 Å². The Kier molecular flexibility index (Phi) is 5.15. The van der Waals surface area contributed by atoms with E-state index in [-0.39, 0.29) is 19.1 Å². The summed E-state index contributed by atoms with van der Waals surface area (Å²) in [6.07, 6.45) is 1.95. The molecule has 1 aliphatic rings. The lowest BCUT2D eigenvalue weighted by Gasteiger charge is -2.13. The fourth-order valence-corrected chi connectivity index (χ4v) is 2.89. The van der Waals surface area contributed by atoms with Crippen LogP contribution < -0.4 is 25.0 Å². The first-order chi connectivity index (χ1) is 14.1. The molecule has 1 aliphatic heterocycles. The van der Waals surface area contributed by atoms with Crippen molar-refractivity contribution in [1.29, 1.82) is 0 Å². The van der Waals surface area contributed by atoms with Crippen LogP contribution in [0.1, 0.15) is 5.56 Å². The van der Waals surface area contributed by atoms with Gasteiger partial charge in [0.15, 0.2) is 17.3 Å². The van der Waals surface area contributed by atoms with Crippen molar-refractivity contribution in [3.8, 4) is 11.5 Å². The molecule has 1 aromatic heterocycles. The van der Waals surface area contributed by atoms with Gasteiger partial charge in [-0.3, -0.25) is 4.79 Å².